The van der Waals surface area contributed by atoms with E-state index in [0.717, 1.165) is 38.3 Å². The summed E-state index contributed by atoms with van der Waals surface area (Å²) >= 11 is 0. The van der Waals surface area contributed by atoms with Crippen molar-refractivity contribution in [2.24, 2.45) is 0 Å². The van der Waals surface area contributed by atoms with Crippen molar-refractivity contribution in [3.63, 3.8) is 0 Å². The van der Waals surface area contributed by atoms with Gasteiger partial charge >= 0.3 is 5.97 Å². The van der Waals surface area contributed by atoms with Crippen molar-refractivity contribution in [3.8, 4) is 11.5 Å². The van der Waals surface area contributed by atoms with E-state index in [1.165, 1.54) is 18.6 Å². The van der Waals surface area contributed by atoms with Gasteiger partial charge in [0, 0.05) is 38.8 Å². The van der Waals surface area contributed by atoms with E-state index >= 15 is 0 Å². The number of anilines is 1. The number of carbonyl (C=O) groups excluding carboxylic acids is 1. The second kappa shape index (κ2) is 18.0. The second-order valence-electron chi connectivity index (χ2n) is 8.28. The lowest BCUT2D eigenvalue weighted by atomic mass is 10.1. The summed E-state index contributed by atoms with van der Waals surface area (Å²) in [5.74, 6) is -0.288. The number of likely N-dealkylation sites (N-methyl/N-ethyl adjacent to an activating group) is 1. The number of hydrogen-bond donors (Lipinski definition) is 2. The van der Waals surface area contributed by atoms with Gasteiger partial charge < -0.3 is 24.8 Å². The SMILES string of the molecule is CC.CCC.COc1cc(/C=C/C(=O)Nc2ccccc2C(=O)O)ccc1OCCN1CCN(C)CC1. The zero-order valence-electron chi connectivity index (χ0n) is 23.1. The normalized spacial score (nSPS) is 13.6. The molecule has 1 saturated heterocycles. The molecule has 204 valence electrons. The fraction of sp³-hybridized carbons (Fsp3) is 0.448. The van der Waals surface area contributed by atoms with E-state index in [1.807, 2.05) is 26.0 Å². The first-order chi connectivity index (χ1) is 17.9. The molecule has 2 aromatic rings. The number of carboxylic acid groups (broad SMARTS) is 1. The molecule has 0 spiro atoms. The van der Waals surface area contributed by atoms with E-state index in [-0.39, 0.29) is 11.3 Å². The number of para-hydroxylation sites is 1. The summed E-state index contributed by atoms with van der Waals surface area (Å²) in [6.07, 6.45) is 4.23. The van der Waals surface area contributed by atoms with Gasteiger partial charge in [0.05, 0.1) is 18.4 Å². The van der Waals surface area contributed by atoms with Crippen LogP contribution in [-0.4, -0.2) is 80.3 Å². The van der Waals surface area contributed by atoms with E-state index in [2.05, 4.69) is 36.0 Å². The van der Waals surface area contributed by atoms with Gasteiger partial charge in [-0.3, -0.25) is 9.69 Å². The molecule has 0 bridgehead atoms. The van der Waals surface area contributed by atoms with Crippen LogP contribution in [0.15, 0.2) is 48.5 Å². The van der Waals surface area contributed by atoms with Crippen molar-refractivity contribution in [2.45, 2.75) is 34.1 Å². The maximum absolute atomic E-state index is 12.2. The van der Waals surface area contributed by atoms with Crippen molar-refractivity contribution in [1.82, 2.24) is 9.80 Å². The lowest BCUT2D eigenvalue weighted by molar-refractivity contribution is -0.111. The Morgan fingerprint density at radius 3 is 2.30 bits per heavy atom. The van der Waals surface area contributed by atoms with Crippen LogP contribution >= 0.6 is 0 Å². The molecule has 0 aliphatic carbocycles. The van der Waals surface area contributed by atoms with E-state index < -0.39 is 11.9 Å². The molecule has 0 atom stereocenters. The van der Waals surface area contributed by atoms with Gasteiger partial charge in [-0.15, -0.1) is 0 Å². The van der Waals surface area contributed by atoms with E-state index in [4.69, 9.17) is 9.47 Å². The van der Waals surface area contributed by atoms with Crippen LogP contribution in [0.3, 0.4) is 0 Å². The number of benzene rings is 2. The fourth-order valence-corrected chi connectivity index (χ4v) is 3.39. The molecule has 0 radical (unpaired) electrons. The third-order valence-electron chi connectivity index (χ3n) is 5.29. The van der Waals surface area contributed by atoms with Gasteiger partial charge in [0.1, 0.15) is 6.61 Å². The fourth-order valence-electron chi connectivity index (χ4n) is 3.39. The summed E-state index contributed by atoms with van der Waals surface area (Å²) in [4.78, 5) is 28.2. The molecule has 0 unspecified atom stereocenters. The van der Waals surface area contributed by atoms with E-state index in [9.17, 15) is 14.7 Å². The Kier molecular flexibility index (Phi) is 15.4. The molecule has 1 aliphatic heterocycles. The van der Waals surface area contributed by atoms with Crippen LogP contribution in [-0.2, 0) is 4.79 Å². The molecule has 37 heavy (non-hydrogen) atoms. The molecule has 0 saturated carbocycles. The Morgan fingerprint density at radius 1 is 1.03 bits per heavy atom. The number of aromatic carboxylic acids is 1. The highest BCUT2D eigenvalue weighted by Crippen LogP contribution is 2.28. The monoisotopic (exact) mass is 513 g/mol. The molecule has 2 N–H and O–H groups in total. The van der Waals surface area contributed by atoms with Crippen LogP contribution in [0, 0.1) is 0 Å². The largest absolute Gasteiger partial charge is 0.493 e. The first-order valence-electron chi connectivity index (χ1n) is 12.9. The zero-order valence-corrected chi connectivity index (χ0v) is 23.1. The number of rotatable bonds is 9. The summed E-state index contributed by atoms with van der Waals surface area (Å²) in [5.41, 5.74) is 1.04. The molecular formula is C29H43N3O5. The van der Waals surface area contributed by atoms with Gasteiger partial charge in [0.15, 0.2) is 11.5 Å². The summed E-state index contributed by atoms with van der Waals surface area (Å²) in [6.45, 7) is 13.9. The minimum atomic E-state index is -1.10. The van der Waals surface area contributed by atoms with E-state index in [1.54, 1.807) is 37.5 Å². The van der Waals surface area contributed by atoms with Gasteiger partial charge in [0.2, 0.25) is 5.91 Å². The molecule has 8 nitrogen and oxygen atoms in total. The lowest BCUT2D eigenvalue weighted by Gasteiger charge is -2.32. The molecule has 1 amide bonds. The standard InChI is InChI=1S/C24H29N3O5.C3H8.C2H6/c1-26-11-13-27(14-12-26)15-16-32-21-9-7-18(17-22(21)31-2)8-10-23(28)25-20-6-4-3-5-19(20)24(29)30;1-3-2;1-2/h3-10,17H,11-16H2,1-2H3,(H,25,28)(H,29,30);3H2,1-2H3;1-2H3/b10-8+;;. The average molecular weight is 514 g/mol. The predicted molar refractivity (Wildman–Crippen MR) is 151 cm³/mol. The number of nitrogens with zero attached hydrogens (tertiary/aromatic N) is 2. The number of methoxy groups -OCH3 is 1. The number of nitrogens with one attached hydrogen (secondary N) is 1. The van der Waals surface area contributed by atoms with Gasteiger partial charge in [-0.1, -0.05) is 52.3 Å². The molecule has 1 fully saturated rings. The van der Waals surface area contributed by atoms with Crippen LogP contribution in [0.25, 0.3) is 6.08 Å². The smallest absolute Gasteiger partial charge is 0.337 e. The van der Waals surface area contributed by atoms with Crippen molar-refractivity contribution < 1.29 is 24.2 Å². The summed E-state index contributed by atoms with van der Waals surface area (Å²) in [6, 6.07) is 11.7. The zero-order chi connectivity index (χ0) is 27.6. The van der Waals surface area contributed by atoms with Gasteiger partial charge in [-0.2, -0.15) is 0 Å². The third kappa shape index (κ3) is 11.5. The van der Waals surface area contributed by atoms with Crippen LogP contribution in [0.5, 0.6) is 11.5 Å². The Bertz CT molecular complexity index is 985. The first-order valence-corrected chi connectivity index (χ1v) is 12.9. The second-order valence-corrected chi connectivity index (χ2v) is 8.28. The maximum Gasteiger partial charge on any atom is 0.337 e. The molecule has 2 aromatic carbocycles. The highest BCUT2D eigenvalue weighted by Gasteiger charge is 2.14. The first kappa shape index (κ1) is 31.7. The van der Waals surface area contributed by atoms with Crippen LogP contribution in [0.1, 0.15) is 50.0 Å². The van der Waals surface area contributed by atoms with Gasteiger partial charge in [0.25, 0.3) is 0 Å². The number of carbonyl (C=O) groups is 2. The molecule has 0 aromatic heterocycles. The number of carboxylic acids is 1. The number of hydrogen-bond acceptors (Lipinski definition) is 6. The van der Waals surface area contributed by atoms with E-state index in [0.29, 0.717) is 18.1 Å². The average Bonchev–Trinajstić information content (AvgIpc) is 2.91. The van der Waals surface area contributed by atoms with Gasteiger partial charge in [-0.05, 0) is 43.0 Å². The molecule has 3 rings (SSSR count). The maximum atomic E-state index is 12.2. The molecule has 8 heteroatoms. The lowest BCUT2D eigenvalue weighted by Crippen LogP contribution is -2.45. The highest BCUT2D eigenvalue weighted by molar-refractivity contribution is 6.06. The van der Waals surface area contributed by atoms with Gasteiger partial charge in [-0.25, -0.2) is 4.79 Å². The van der Waals surface area contributed by atoms with Crippen LogP contribution in [0.2, 0.25) is 0 Å². The number of ether oxygens (including phenoxy) is 2. The topological polar surface area (TPSA) is 91.3 Å². The summed E-state index contributed by atoms with van der Waals surface area (Å²) < 4.78 is 11.4. The third-order valence-corrected chi connectivity index (χ3v) is 5.29. The van der Waals surface area contributed by atoms with Crippen molar-refractivity contribution >= 4 is 23.6 Å². The Hall–Kier alpha value is -3.36. The quantitative estimate of drug-likeness (QED) is 0.450. The minimum Gasteiger partial charge on any atom is -0.493 e. The summed E-state index contributed by atoms with van der Waals surface area (Å²) in [7, 11) is 3.71. The predicted octanol–water partition coefficient (Wildman–Crippen LogP) is 5.11. The van der Waals surface area contributed by atoms with Crippen molar-refractivity contribution in [1.29, 1.82) is 0 Å². The molecular weight excluding hydrogens is 470 g/mol. The Labute approximate surface area is 221 Å². The Balaban J connectivity index is 0.00000127. The number of piperazine rings is 1. The molecule has 1 heterocycles. The summed E-state index contributed by atoms with van der Waals surface area (Å²) in [5, 5.41) is 11.8. The Morgan fingerprint density at radius 2 is 1.68 bits per heavy atom. The minimum absolute atomic E-state index is 0.0361. The van der Waals surface area contributed by atoms with Crippen molar-refractivity contribution in [2.75, 3.05) is 58.8 Å². The molecule has 1 aliphatic rings. The van der Waals surface area contributed by atoms with Crippen molar-refractivity contribution in [3.05, 3.63) is 59.7 Å². The van der Waals surface area contributed by atoms with Crippen LogP contribution in [0.4, 0.5) is 5.69 Å². The van der Waals surface area contributed by atoms with Crippen LogP contribution < -0.4 is 14.8 Å². The number of amides is 1. The highest BCUT2D eigenvalue weighted by atomic mass is 16.5.